The number of phenols is 1. The topological polar surface area (TPSA) is 112 Å². The van der Waals surface area contributed by atoms with E-state index in [0.717, 1.165) is 12.1 Å². The Morgan fingerprint density at radius 1 is 0.964 bits per heavy atom. The highest BCUT2D eigenvalue weighted by Gasteiger charge is 2.27. The molecular formula is C18H15ClO8S. The van der Waals surface area contributed by atoms with Gasteiger partial charge in [0.2, 0.25) is 0 Å². The van der Waals surface area contributed by atoms with Crippen LogP contribution in [0.25, 0.3) is 22.3 Å². The standard InChI is InChI=1S/C18H15ClO8S/c1-24-12-5-4-9(6-14(12)25-2)13-7-10(20)16-11(21)8-15(26-3)18(17(16)27-13)28(19,22)23/h4-8,21H,1-3H3. The van der Waals surface area contributed by atoms with Gasteiger partial charge in [-0.05, 0) is 18.2 Å². The van der Waals surface area contributed by atoms with Crippen LogP contribution in [0.2, 0.25) is 0 Å². The molecule has 0 unspecified atom stereocenters. The summed E-state index contributed by atoms with van der Waals surface area (Å²) in [7, 11) is 5.27. The van der Waals surface area contributed by atoms with Crippen molar-refractivity contribution >= 4 is 30.7 Å². The molecule has 0 saturated carbocycles. The molecule has 0 atom stereocenters. The molecule has 0 aliphatic heterocycles. The van der Waals surface area contributed by atoms with Crippen molar-refractivity contribution in [3.05, 3.63) is 40.6 Å². The molecule has 0 spiro atoms. The van der Waals surface area contributed by atoms with E-state index in [4.69, 9.17) is 29.3 Å². The molecule has 28 heavy (non-hydrogen) atoms. The Kier molecular flexibility index (Phi) is 5.14. The number of benzene rings is 2. The number of rotatable bonds is 5. The van der Waals surface area contributed by atoms with Crippen LogP contribution in [0.3, 0.4) is 0 Å². The summed E-state index contributed by atoms with van der Waals surface area (Å²) in [6, 6.07) is 6.86. The summed E-state index contributed by atoms with van der Waals surface area (Å²) in [6.07, 6.45) is 0. The minimum absolute atomic E-state index is 0.0349. The van der Waals surface area contributed by atoms with E-state index in [9.17, 15) is 18.3 Å². The Balaban J connectivity index is 2.41. The number of fused-ring (bicyclic) bond motifs is 1. The van der Waals surface area contributed by atoms with Gasteiger partial charge in [0.1, 0.15) is 22.6 Å². The molecule has 0 bridgehead atoms. The maximum absolute atomic E-state index is 12.6. The van der Waals surface area contributed by atoms with Crippen molar-refractivity contribution in [2.45, 2.75) is 4.90 Å². The molecule has 0 amide bonds. The number of hydrogen-bond donors (Lipinski definition) is 1. The highest BCUT2D eigenvalue weighted by molar-refractivity contribution is 8.14. The van der Waals surface area contributed by atoms with Crippen LogP contribution in [-0.2, 0) is 9.05 Å². The Morgan fingerprint density at radius 2 is 1.61 bits per heavy atom. The molecule has 0 aliphatic carbocycles. The van der Waals surface area contributed by atoms with Crippen molar-refractivity contribution < 1.29 is 32.2 Å². The minimum Gasteiger partial charge on any atom is -0.507 e. The summed E-state index contributed by atoms with van der Waals surface area (Å²) in [5, 5.41) is 9.82. The Labute approximate surface area is 164 Å². The van der Waals surface area contributed by atoms with Crippen molar-refractivity contribution in [1.82, 2.24) is 0 Å². The summed E-state index contributed by atoms with van der Waals surface area (Å²) in [4.78, 5) is 12.0. The quantitative estimate of drug-likeness (QED) is 0.619. The van der Waals surface area contributed by atoms with Crippen LogP contribution >= 0.6 is 10.7 Å². The predicted octanol–water partition coefficient (Wildman–Crippen LogP) is 3.12. The zero-order valence-electron chi connectivity index (χ0n) is 15.0. The number of aromatic hydroxyl groups is 1. The molecule has 0 saturated heterocycles. The molecule has 0 radical (unpaired) electrons. The number of methoxy groups -OCH3 is 3. The Morgan fingerprint density at radius 3 is 2.18 bits per heavy atom. The van der Waals surface area contributed by atoms with Gasteiger partial charge in [-0.1, -0.05) is 0 Å². The molecule has 0 aliphatic rings. The highest BCUT2D eigenvalue weighted by atomic mass is 35.7. The average Bonchev–Trinajstić information content (AvgIpc) is 2.65. The smallest absolute Gasteiger partial charge is 0.268 e. The second-order valence-corrected chi connectivity index (χ2v) is 8.12. The summed E-state index contributed by atoms with van der Waals surface area (Å²) < 4.78 is 45.2. The molecule has 1 N–H and O–H groups in total. The second-order valence-electron chi connectivity index (χ2n) is 5.61. The first-order valence-corrected chi connectivity index (χ1v) is 10.1. The molecule has 1 aromatic heterocycles. The zero-order chi connectivity index (χ0) is 20.6. The second kappa shape index (κ2) is 7.25. The fraction of sp³-hybridized carbons (Fsp3) is 0.167. The first kappa shape index (κ1) is 19.8. The van der Waals surface area contributed by atoms with Gasteiger partial charge in [0, 0.05) is 28.4 Å². The normalized spacial score (nSPS) is 11.4. The summed E-state index contributed by atoms with van der Waals surface area (Å²) in [5.74, 6) is 0.114. The maximum atomic E-state index is 12.6. The number of hydrogen-bond acceptors (Lipinski definition) is 8. The van der Waals surface area contributed by atoms with Crippen LogP contribution in [-0.4, -0.2) is 34.9 Å². The molecule has 2 aromatic carbocycles. The van der Waals surface area contributed by atoms with E-state index in [1.807, 2.05) is 0 Å². The first-order valence-electron chi connectivity index (χ1n) is 7.76. The minimum atomic E-state index is -4.37. The maximum Gasteiger partial charge on any atom is 0.268 e. The highest BCUT2D eigenvalue weighted by Crippen LogP contribution is 2.40. The SMILES string of the molecule is COc1ccc(-c2cc(=O)c3c(O)cc(OC)c(S(=O)(=O)Cl)c3o2)cc1OC. The van der Waals surface area contributed by atoms with Crippen molar-refractivity contribution in [1.29, 1.82) is 0 Å². The molecule has 8 nitrogen and oxygen atoms in total. The lowest BCUT2D eigenvalue weighted by Crippen LogP contribution is -2.05. The van der Waals surface area contributed by atoms with Gasteiger partial charge in [-0.15, -0.1) is 0 Å². The fourth-order valence-corrected chi connectivity index (χ4v) is 3.97. The van der Waals surface area contributed by atoms with Crippen LogP contribution in [0.1, 0.15) is 0 Å². The third-order valence-corrected chi connectivity index (χ3v) is 5.37. The van der Waals surface area contributed by atoms with Crippen molar-refractivity contribution in [2.24, 2.45) is 0 Å². The van der Waals surface area contributed by atoms with Crippen molar-refractivity contribution in [3.63, 3.8) is 0 Å². The molecule has 148 valence electrons. The van der Waals surface area contributed by atoms with Gasteiger partial charge in [0.05, 0.1) is 21.3 Å². The third kappa shape index (κ3) is 3.34. The molecule has 1 heterocycles. The van der Waals surface area contributed by atoms with Crippen LogP contribution in [0.4, 0.5) is 0 Å². The van der Waals surface area contributed by atoms with Gasteiger partial charge in [-0.25, -0.2) is 8.42 Å². The van der Waals surface area contributed by atoms with Crippen LogP contribution in [0.5, 0.6) is 23.0 Å². The molecule has 3 aromatic rings. The van der Waals surface area contributed by atoms with Gasteiger partial charge in [0.15, 0.2) is 27.4 Å². The van der Waals surface area contributed by atoms with E-state index in [1.54, 1.807) is 18.2 Å². The van der Waals surface area contributed by atoms with E-state index in [-0.39, 0.29) is 16.9 Å². The monoisotopic (exact) mass is 426 g/mol. The Hall–Kier alpha value is -2.91. The van der Waals surface area contributed by atoms with Gasteiger partial charge in [-0.3, -0.25) is 4.79 Å². The van der Waals surface area contributed by atoms with Crippen LogP contribution < -0.4 is 19.6 Å². The summed E-state index contributed by atoms with van der Waals surface area (Å²) >= 11 is 0. The van der Waals surface area contributed by atoms with E-state index in [2.05, 4.69) is 0 Å². The van der Waals surface area contributed by atoms with Crippen molar-refractivity contribution in [2.75, 3.05) is 21.3 Å². The summed E-state index contributed by atoms with van der Waals surface area (Å²) in [5.41, 5.74) is -0.659. The Bertz CT molecular complexity index is 1230. The lowest BCUT2D eigenvalue weighted by atomic mass is 10.1. The largest absolute Gasteiger partial charge is 0.507 e. The van der Waals surface area contributed by atoms with Gasteiger partial charge in [-0.2, -0.15) is 0 Å². The van der Waals surface area contributed by atoms with Crippen molar-refractivity contribution in [3.8, 4) is 34.3 Å². The zero-order valence-corrected chi connectivity index (χ0v) is 16.6. The number of ether oxygens (including phenoxy) is 3. The fourth-order valence-electron chi connectivity index (χ4n) is 2.78. The van der Waals surface area contributed by atoms with E-state index in [0.29, 0.717) is 17.1 Å². The third-order valence-electron chi connectivity index (χ3n) is 4.03. The molecule has 0 fully saturated rings. The van der Waals surface area contributed by atoms with Gasteiger partial charge in [0.25, 0.3) is 9.05 Å². The number of phenolic OH excluding ortho intramolecular Hbond substituents is 1. The lowest BCUT2D eigenvalue weighted by molar-refractivity contribution is 0.355. The molecule has 3 rings (SSSR count). The summed E-state index contributed by atoms with van der Waals surface area (Å²) in [6.45, 7) is 0. The number of halogens is 1. The van der Waals surface area contributed by atoms with E-state index in [1.165, 1.54) is 21.3 Å². The van der Waals surface area contributed by atoms with Gasteiger partial charge >= 0.3 is 0 Å². The average molecular weight is 427 g/mol. The van der Waals surface area contributed by atoms with E-state index < -0.39 is 30.7 Å². The lowest BCUT2D eigenvalue weighted by Gasteiger charge is -2.12. The van der Waals surface area contributed by atoms with Crippen LogP contribution in [0.15, 0.2) is 44.4 Å². The predicted molar refractivity (Wildman–Crippen MR) is 102 cm³/mol. The molecular weight excluding hydrogens is 412 g/mol. The van der Waals surface area contributed by atoms with E-state index >= 15 is 0 Å². The molecule has 10 heteroatoms. The first-order chi connectivity index (χ1) is 13.2. The van der Waals surface area contributed by atoms with Crippen LogP contribution in [0, 0.1) is 0 Å². The van der Waals surface area contributed by atoms with Gasteiger partial charge < -0.3 is 23.7 Å².